The van der Waals surface area contributed by atoms with Gasteiger partial charge in [-0.05, 0) is 57.2 Å². The van der Waals surface area contributed by atoms with Gasteiger partial charge < -0.3 is 26.2 Å². The van der Waals surface area contributed by atoms with Crippen LogP contribution in [0.5, 0.6) is 0 Å². The number of likely N-dealkylation sites (tertiary alicyclic amines) is 1. The highest BCUT2D eigenvalue weighted by molar-refractivity contribution is 5.89. The molecule has 1 aromatic carbocycles. The Kier molecular flexibility index (Phi) is 8.76. The largest absolute Gasteiger partial charge is 0.354 e. The highest BCUT2D eigenvalue weighted by Gasteiger charge is 2.25. The van der Waals surface area contributed by atoms with E-state index in [9.17, 15) is 14.4 Å². The molecule has 0 aromatic heterocycles. The molecule has 1 aliphatic heterocycles. The topological polar surface area (TPSA) is 103 Å². The summed E-state index contributed by atoms with van der Waals surface area (Å²) < 4.78 is 0. The predicted octanol–water partition coefficient (Wildman–Crippen LogP) is 3.38. The van der Waals surface area contributed by atoms with E-state index in [0.29, 0.717) is 31.2 Å². The van der Waals surface area contributed by atoms with Crippen LogP contribution >= 0.6 is 0 Å². The van der Waals surface area contributed by atoms with Gasteiger partial charge in [-0.25, -0.2) is 9.59 Å². The van der Waals surface area contributed by atoms with Gasteiger partial charge in [-0.2, -0.15) is 0 Å². The van der Waals surface area contributed by atoms with Crippen molar-refractivity contribution in [2.75, 3.05) is 18.4 Å². The van der Waals surface area contributed by atoms with Crippen molar-refractivity contribution in [3.05, 3.63) is 29.8 Å². The van der Waals surface area contributed by atoms with Crippen molar-refractivity contribution in [3.63, 3.8) is 0 Å². The maximum atomic E-state index is 12.6. The number of hydrogen-bond donors (Lipinski definition) is 4. The summed E-state index contributed by atoms with van der Waals surface area (Å²) in [5.41, 5.74) is 1.61. The SMILES string of the molecule is CC(C)NC(=O)Cc1ccc(NC(=O)N2CCC(NC(=O)NC3CCCCC3)CC2)cc1. The Hall–Kier alpha value is -2.77. The van der Waals surface area contributed by atoms with Crippen LogP contribution in [0.3, 0.4) is 0 Å². The number of benzene rings is 1. The van der Waals surface area contributed by atoms with E-state index < -0.39 is 0 Å². The molecule has 2 aliphatic rings. The molecule has 0 radical (unpaired) electrons. The molecule has 4 N–H and O–H groups in total. The smallest absolute Gasteiger partial charge is 0.321 e. The minimum absolute atomic E-state index is 0.0133. The van der Waals surface area contributed by atoms with Crippen molar-refractivity contribution in [2.45, 2.75) is 83.3 Å². The Morgan fingerprint density at radius 2 is 1.50 bits per heavy atom. The number of carbonyl (C=O) groups is 3. The summed E-state index contributed by atoms with van der Waals surface area (Å²) >= 11 is 0. The lowest BCUT2D eigenvalue weighted by molar-refractivity contribution is -0.120. The van der Waals surface area contributed by atoms with E-state index in [-0.39, 0.29) is 30.1 Å². The van der Waals surface area contributed by atoms with Crippen LogP contribution in [0.1, 0.15) is 64.4 Å². The van der Waals surface area contributed by atoms with Crippen molar-refractivity contribution >= 4 is 23.7 Å². The standard InChI is InChI=1S/C24H37N5O3/c1-17(2)25-22(30)16-18-8-10-20(11-9-18)28-24(32)29-14-12-21(13-15-29)27-23(31)26-19-6-4-3-5-7-19/h8-11,17,19,21H,3-7,12-16H2,1-2H3,(H,25,30)(H,28,32)(H2,26,27,31). The van der Waals surface area contributed by atoms with Gasteiger partial charge in [0.25, 0.3) is 0 Å². The molecule has 8 heteroatoms. The van der Waals surface area contributed by atoms with Crippen molar-refractivity contribution in [1.82, 2.24) is 20.9 Å². The molecule has 1 aromatic rings. The zero-order valence-electron chi connectivity index (χ0n) is 19.3. The van der Waals surface area contributed by atoms with E-state index >= 15 is 0 Å². The summed E-state index contributed by atoms with van der Waals surface area (Å²) in [5, 5.41) is 11.9. The Morgan fingerprint density at radius 1 is 0.906 bits per heavy atom. The number of nitrogens with one attached hydrogen (secondary N) is 4. The number of carbonyl (C=O) groups excluding carboxylic acids is 3. The molecule has 5 amide bonds. The van der Waals surface area contributed by atoms with Gasteiger partial charge in [0.05, 0.1) is 6.42 Å². The maximum Gasteiger partial charge on any atom is 0.321 e. The van der Waals surface area contributed by atoms with Crippen molar-refractivity contribution < 1.29 is 14.4 Å². The Bertz CT molecular complexity index is 766. The predicted molar refractivity (Wildman–Crippen MR) is 126 cm³/mol. The van der Waals surface area contributed by atoms with E-state index in [2.05, 4.69) is 21.3 Å². The van der Waals surface area contributed by atoms with Gasteiger partial charge in [0.15, 0.2) is 0 Å². The maximum absolute atomic E-state index is 12.6. The van der Waals surface area contributed by atoms with Crippen LogP contribution in [0.2, 0.25) is 0 Å². The lowest BCUT2D eigenvalue weighted by Gasteiger charge is -2.33. The van der Waals surface area contributed by atoms with Crippen LogP contribution in [-0.2, 0) is 11.2 Å². The lowest BCUT2D eigenvalue weighted by atomic mass is 9.96. The molecule has 3 rings (SSSR count). The Balaban J connectivity index is 1.37. The molecule has 0 atom stereocenters. The molecule has 8 nitrogen and oxygen atoms in total. The summed E-state index contributed by atoms with van der Waals surface area (Å²) in [5.74, 6) is -0.0133. The fourth-order valence-corrected chi connectivity index (χ4v) is 4.35. The molecule has 2 fully saturated rings. The quantitative estimate of drug-likeness (QED) is 0.542. The Morgan fingerprint density at radius 3 is 2.09 bits per heavy atom. The molecule has 0 bridgehead atoms. The first kappa shape index (κ1) is 23.9. The summed E-state index contributed by atoms with van der Waals surface area (Å²) in [6, 6.07) is 7.64. The second-order valence-electron chi connectivity index (χ2n) is 9.24. The van der Waals surface area contributed by atoms with Crippen molar-refractivity contribution in [2.24, 2.45) is 0 Å². The second kappa shape index (κ2) is 11.7. The lowest BCUT2D eigenvalue weighted by Crippen LogP contribution is -2.51. The first-order valence-corrected chi connectivity index (χ1v) is 11.9. The number of anilines is 1. The van der Waals surface area contributed by atoms with Gasteiger partial charge in [-0.15, -0.1) is 0 Å². The number of urea groups is 2. The Labute approximate surface area is 190 Å². The molecule has 1 saturated heterocycles. The summed E-state index contributed by atoms with van der Waals surface area (Å²) in [4.78, 5) is 38.5. The van der Waals surface area contributed by atoms with E-state index in [1.54, 1.807) is 4.90 Å². The van der Waals surface area contributed by atoms with Crippen LogP contribution in [0.25, 0.3) is 0 Å². The number of piperidine rings is 1. The monoisotopic (exact) mass is 443 g/mol. The van der Waals surface area contributed by atoms with Gasteiger partial charge in [-0.1, -0.05) is 31.4 Å². The highest BCUT2D eigenvalue weighted by atomic mass is 16.2. The molecule has 0 spiro atoms. The van der Waals surface area contributed by atoms with Crippen LogP contribution in [-0.4, -0.2) is 54.1 Å². The molecule has 1 aliphatic carbocycles. The average Bonchev–Trinajstić information content (AvgIpc) is 2.75. The minimum Gasteiger partial charge on any atom is -0.354 e. The van der Waals surface area contributed by atoms with Gasteiger partial charge in [-0.3, -0.25) is 4.79 Å². The normalized spacial score (nSPS) is 17.7. The number of nitrogens with zero attached hydrogens (tertiary/aromatic N) is 1. The van der Waals surface area contributed by atoms with Crippen LogP contribution in [0, 0.1) is 0 Å². The zero-order valence-corrected chi connectivity index (χ0v) is 19.3. The van der Waals surface area contributed by atoms with Crippen molar-refractivity contribution in [3.8, 4) is 0 Å². The second-order valence-corrected chi connectivity index (χ2v) is 9.24. The van der Waals surface area contributed by atoms with Crippen LogP contribution < -0.4 is 21.3 Å². The van der Waals surface area contributed by atoms with Crippen LogP contribution in [0.4, 0.5) is 15.3 Å². The average molecular weight is 444 g/mol. The third kappa shape index (κ3) is 7.73. The van der Waals surface area contributed by atoms with Crippen molar-refractivity contribution in [1.29, 1.82) is 0 Å². The van der Waals surface area contributed by atoms with Gasteiger partial charge in [0.1, 0.15) is 0 Å². The van der Waals surface area contributed by atoms with E-state index in [4.69, 9.17) is 0 Å². The van der Waals surface area contributed by atoms with E-state index in [1.165, 1.54) is 19.3 Å². The van der Waals surface area contributed by atoms with Crippen LogP contribution in [0.15, 0.2) is 24.3 Å². The molecule has 1 heterocycles. The molecule has 0 unspecified atom stereocenters. The molecular weight excluding hydrogens is 406 g/mol. The zero-order chi connectivity index (χ0) is 22.9. The summed E-state index contributed by atoms with van der Waals surface area (Å²) in [6.45, 7) is 5.07. The van der Waals surface area contributed by atoms with Gasteiger partial charge in [0, 0.05) is 36.9 Å². The minimum atomic E-state index is -0.139. The van der Waals surface area contributed by atoms with E-state index in [0.717, 1.165) is 31.2 Å². The summed E-state index contributed by atoms with van der Waals surface area (Å²) in [6.07, 6.45) is 7.59. The molecule has 176 valence electrons. The molecule has 1 saturated carbocycles. The number of hydrogen-bond acceptors (Lipinski definition) is 3. The number of amides is 5. The highest BCUT2D eigenvalue weighted by Crippen LogP contribution is 2.18. The fraction of sp³-hybridized carbons (Fsp3) is 0.625. The third-order valence-corrected chi connectivity index (χ3v) is 6.08. The summed E-state index contributed by atoms with van der Waals surface area (Å²) in [7, 11) is 0. The fourth-order valence-electron chi connectivity index (χ4n) is 4.35. The van der Waals surface area contributed by atoms with Gasteiger partial charge >= 0.3 is 12.1 Å². The van der Waals surface area contributed by atoms with E-state index in [1.807, 2.05) is 38.1 Å². The first-order valence-electron chi connectivity index (χ1n) is 11.9. The molecular formula is C24H37N5O3. The van der Waals surface area contributed by atoms with Gasteiger partial charge in [0.2, 0.25) is 5.91 Å². The third-order valence-electron chi connectivity index (χ3n) is 6.08. The number of rotatable bonds is 6. The first-order chi connectivity index (χ1) is 15.4. The molecule has 32 heavy (non-hydrogen) atoms.